The number of benzene rings is 2. The van der Waals surface area contributed by atoms with E-state index in [0.717, 1.165) is 0 Å². The molecule has 144 valence electrons. The number of nitrogens with zero attached hydrogens (tertiary/aromatic N) is 2. The van der Waals surface area contributed by atoms with E-state index in [2.05, 4.69) is 0 Å². The van der Waals surface area contributed by atoms with Crippen molar-refractivity contribution < 1.29 is 23.9 Å². The van der Waals surface area contributed by atoms with Crippen LogP contribution in [0.4, 0.5) is 5.69 Å². The third-order valence-electron chi connectivity index (χ3n) is 3.93. The molecule has 0 bridgehead atoms. The van der Waals surface area contributed by atoms with Crippen molar-refractivity contribution in [1.82, 2.24) is 4.90 Å². The van der Waals surface area contributed by atoms with Gasteiger partial charge in [-0.15, -0.1) is 0 Å². The molecule has 0 spiro atoms. The lowest BCUT2D eigenvalue weighted by atomic mass is 10.1. The Kier molecular flexibility index (Phi) is 6.46. The Balaban J connectivity index is 2.35. The van der Waals surface area contributed by atoms with E-state index in [1.165, 1.54) is 50.5 Å². The van der Waals surface area contributed by atoms with E-state index in [4.69, 9.17) is 25.8 Å². The molecule has 0 aromatic heterocycles. The van der Waals surface area contributed by atoms with Gasteiger partial charge in [0.2, 0.25) is 0 Å². The van der Waals surface area contributed by atoms with Gasteiger partial charge in [-0.2, -0.15) is 0 Å². The largest absolute Gasteiger partial charge is 0.496 e. The van der Waals surface area contributed by atoms with Crippen molar-refractivity contribution in [3.8, 4) is 17.2 Å². The topological polar surface area (TPSA) is 91.1 Å². The number of halogens is 1. The van der Waals surface area contributed by atoms with Gasteiger partial charge in [-0.05, 0) is 11.6 Å². The number of methoxy groups -OCH3 is 3. The molecule has 0 radical (unpaired) electrons. The Hall–Kier alpha value is -3.00. The van der Waals surface area contributed by atoms with Crippen LogP contribution >= 0.6 is 11.6 Å². The summed E-state index contributed by atoms with van der Waals surface area (Å²) < 4.78 is 15.7. The third-order valence-corrected chi connectivity index (χ3v) is 4.30. The van der Waals surface area contributed by atoms with Crippen LogP contribution in [0.25, 0.3) is 0 Å². The van der Waals surface area contributed by atoms with Crippen LogP contribution in [-0.4, -0.2) is 44.1 Å². The standard InChI is InChI=1S/C18H19ClN2O6/c1-20(10-11-7-12(21(23)24)5-6-14(11)19)18(22)13-8-16(26-3)17(27-4)9-15(13)25-2/h5-9H,10H2,1-4H3. The van der Waals surface area contributed by atoms with Crippen molar-refractivity contribution in [3.63, 3.8) is 0 Å². The first-order valence-electron chi connectivity index (χ1n) is 7.80. The maximum Gasteiger partial charge on any atom is 0.269 e. The molecule has 9 heteroatoms. The Morgan fingerprint density at radius 3 is 2.22 bits per heavy atom. The third kappa shape index (κ3) is 4.40. The molecule has 0 saturated carbocycles. The quantitative estimate of drug-likeness (QED) is 0.527. The van der Waals surface area contributed by atoms with Crippen molar-refractivity contribution in [2.45, 2.75) is 6.54 Å². The Morgan fingerprint density at radius 2 is 1.67 bits per heavy atom. The number of nitro benzene ring substituents is 1. The summed E-state index contributed by atoms with van der Waals surface area (Å²) in [5, 5.41) is 11.3. The highest BCUT2D eigenvalue weighted by atomic mass is 35.5. The second-order valence-corrected chi connectivity index (χ2v) is 6.01. The van der Waals surface area contributed by atoms with Crippen LogP contribution < -0.4 is 14.2 Å². The van der Waals surface area contributed by atoms with Crippen LogP contribution in [0.5, 0.6) is 17.2 Å². The SMILES string of the molecule is COc1cc(OC)c(C(=O)N(C)Cc2cc([N+](=O)[O-])ccc2Cl)cc1OC. The smallest absolute Gasteiger partial charge is 0.269 e. The zero-order chi connectivity index (χ0) is 20.1. The summed E-state index contributed by atoms with van der Waals surface area (Å²) in [6, 6.07) is 7.17. The molecule has 0 aliphatic rings. The number of amides is 1. The highest BCUT2D eigenvalue weighted by molar-refractivity contribution is 6.31. The highest BCUT2D eigenvalue weighted by Gasteiger charge is 2.22. The predicted molar refractivity (Wildman–Crippen MR) is 100 cm³/mol. The number of carbonyl (C=O) groups is 1. The first-order chi connectivity index (χ1) is 12.8. The number of rotatable bonds is 7. The van der Waals surface area contributed by atoms with Gasteiger partial charge in [-0.1, -0.05) is 11.6 Å². The summed E-state index contributed by atoms with van der Waals surface area (Å²) in [5.74, 6) is 0.753. The average Bonchev–Trinajstić information content (AvgIpc) is 2.67. The molecule has 0 aliphatic heterocycles. The van der Waals surface area contributed by atoms with E-state index >= 15 is 0 Å². The van der Waals surface area contributed by atoms with Gasteiger partial charge in [0, 0.05) is 42.9 Å². The molecule has 27 heavy (non-hydrogen) atoms. The molecule has 0 atom stereocenters. The zero-order valence-corrected chi connectivity index (χ0v) is 16.1. The van der Waals surface area contributed by atoms with Crippen LogP contribution in [-0.2, 0) is 6.54 Å². The highest BCUT2D eigenvalue weighted by Crippen LogP contribution is 2.35. The monoisotopic (exact) mass is 394 g/mol. The van der Waals surface area contributed by atoms with Crippen LogP contribution in [0, 0.1) is 10.1 Å². The summed E-state index contributed by atoms with van der Waals surface area (Å²) >= 11 is 6.12. The summed E-state index contributed by atoms with van der Waals surface area (Å²) in [6.07, 6.45) is 0. The first-order valence-corrected chi connectivity index (χ1v) is 8.18. The van der Waals surface area contributed by atoms with E-state index in [1.54, 1.807) is 13.1 Å². The number of non-ortho nitro benzene ring substituents is 1. The Labute approximate surface area is 161 Å². The van der Waals surface area contributed by atoms with Gasteiger partial charge >= 0.3 is 0 Å². The van der Waals surface area contributed by atoms with Gasteiger partial charge in [0.15, 0.2) is 11.5 Å². The summed E-state index contributed by atoms with van der Waals surface area (Å²) in [5.41, 5.74) is 0.624. The molecule has 0 heterocycles. The molecular formula is C18H19ClN2O6. The molecule has 1 amide bonds. The van der Waals surface area contributed by atoms with Crippen LogP contribution in [0.15, 0.2) is 30.3 Å². The minimum Gasteiger partial charge on any atom is -0.496 e. The van der Waals surface area contributed by atoms with E-state index in [1.807, 2.05) is 0 Å². The van der Waals surface area contributed by atoms with E-state index in [9.17, 15) is 14.9 Å². The number of hydrogen-bond acceptors (Lipinski definition) is 6. The van der Waals surface area contributed by atoms with Gasteiger partial charge in [-0.25, -0.2) is 0 Å². The minimum absolute atomic E-state index is 0.0802. The molecular weight excluding hydrogens is 376 g/mol. The molecule has 0 unspecified atom stereocenters. The fraction of sp³-hybridized carbons (Fsp3) is 0.278. The molecule has 2 rings (SSSR count). The van der Waals surface area contributed by atoms with Gasteiger partial charge in [-0.3, -0.25) is 14.9 Å². The maximum absolute atomic E-state index is 12.9. The number of ether oxygens (including phenoxy) is 3. The predicted octanol–water partition coefficient (Wildman–Crippen LogP) is 3.55. The molecule has 8 nitrogen and oxygen atoms in total. The lowest BCUT2D eigenvalue weighted by Gasteiger charge is -2.20. The molecule has 0 saturated heterocycles. The first kappa shape index (κ1) is 20.3. The fourth-order valence-corrected chi connectivity index (χ4v) is 2.70. The minimum atomic E-state index is -0.515. The molecule has 0 fully saturated rings. The Morgan fingerprint density at radius 1 is 1.07 bits per heavy atom. The lowest BCUT2D eigenvalue weighted by Crippen LogP contribution is -2.27. The van der Waals surface area contributed by atoms with Crippen molar-refractivity contribution in [2.75, 3.05) is 28.4 Å². The molecule has 0 N–H and O–H groups in total. The van der Waals surface area contributed by atoms with Crippen LogP contribution in [0.3, 0.4) is 0 Å². The van der Waals surface area contributed by atoms with Crippen LogP contribution in [0.1, 0.15) is 15.9 Å². The number of carbonyl (C=O) groups excluding carboxylic acids is 1. The van der Waals surface area contributed by atoms with Gasteiger partial charge in [0.05, 0.1) is 31.8 Å². The fourth-order valence-electron chi connectivity index (χ4n) is 2.53. The van der Waals surface area contributed by atoms with E-state index in [-0.39, 0.29) is 23.7 Å². The van der Waals surface area contributed by atoms with Gasteiger partial charge < -0.3 is 19.1 Å². The zero-order valence-electron chi connectivity index (χ0n) is 15.3. The molecule has 0 aliphatic carbocycles. The van der Waals surface area contributed by atoms with Gasteiger partial charge in [0.25, 0.3) is 11.6 Å². The Bertz CT molecular complexity index is 871. The van der Waals surface area contributed by atoms with E-state index in [0.29, 0.717) is 27.8 Å². The number of nitro groups is 1. The summed E-state index contributed by atoms with van der Waals surface area (Å²) in [6.45, 7) is 0.0802. The maximum atomic E-state index is 12.9. The van der Waals surface area contributed by atoms with Crippen molar-refractivity contribution in [1.29, 1.82) is 0 Å². The second kappa shape index (κ2) is 8.59. The summed E-state index contributed by atoms with van der Waals surface area (Å²) in [4.78, 5) is 24.7. The molecule has 2 aromatic carbocycles. The van der Waals surface area contributed by atoms with Crippen molar-refractivity contribution in [3.05, 3.63) is 56.6 Å². The lowest BCUT2D eigenvalue weighted by molar-refractivity contribution is -0.384. The number of hydrogen-bond donors (Lipinski definition) is 0. The normalized spacial score (nSPS) is 10.3. The average molecular weight is 395 g/mol. The van der Waals surface area contributed by atoms with Crippen LogP contribution in [0.2, 0.25) is 5.02 Å². The van der Waals surface area contributed by atoms with Gasteiger partial charge in [0.1, 0.15) is 5.75 Å². The van der Waals surface area contributed by atoms with Crippen molar-refractivity contribution >= 4 is 23.2 Å². The second-order valence-electron chi connectivity index (χ2n) is 5.60. The van der Waals surface area contributed by atoms with Crippen molar-refractivity contribution in [2.24, 2.45) is 0 Å². The van der Waals surface area contributed by atoms with E-state index < -0.39 is 4.92 Å². The summed E-state index contributed by atoms with van der Waals surface area (Å²) in [7, 11) is 5.95. The molecule has 2 aromatic rings.